The summed E-state index contributed by atoms with van der Waals surface area (Å²) in [5.41, 5.74) is 11.6. The van der Waals surface area contributed by atoms with Crippen molar-refractivity contribution in [2.45, 2.75) is 212 Å². The molecule has 36 heavy (non-hydrogen) atoms. The van der Waals surface area contributed by atoms with Crippen LogP contribution in [0.15, 0.2) is 0 Å². The van der Waals surface area contributed by atoms with Crippen molar-refractivity contribution in [3.05, 3.63) is 0 Å². The molecular weight excluding hydrogens is 436 g/mol. The highest BCUT2D eigenvalue weighted by molar-refractivity contribution is 4.61. The number of hydrogen-bond acceptors (Lipinski definition) is 2. The molecule has 0 aromatic rings. The lowest BCUT2D eigenvalue weighted by Gasteiger charge is -2.09. The van der Waals surface area contributed by atoms with E-state index in [1.807, 2.05) is 0 Å². The van der Waals surface area contributed by atoms with Crippen molar-refractivity contribution in [1.29, 1.82) is 0 Å². The van der Waals surface area contributed by atoms with Gasteiger partial charge >= 0.3 is 0 Å². The van der Waals surface area contributed by atoms with Crippen LogP contribution in [0.2, 0.25) is 0 Å². The summed E-state index contributed by atoms with van der Waals surface area (Å²) in [7, 11) is 0. The van der Waals surface area contributed by atoms with E-state index in [2.05, 4.69) is 6.92 Å². The van der Waals surface area contributed by atoms with Gasteiger partial charge in [0.1, 0.15) is 0 Å². The number of nitrogens with two attached hydrogens (primary N) is 2. The van der Waals surface area contributed by atoms with Gasteiger partial charge in [0.25, 0.3) is 0 Å². The summed E-state index contributed by atoms with van der Waals surface area (Å²) in [6.45, 7) is 3.04. The highest BCUT2D eigenvalue weighted by Crippen LogP contribution is 2.16. The summed E-state index contributed by atoms with van der Waals surface area (Å²) >= 11 is 0. The van der Waals surface area contributed by atoms with Crippen molar-refractivity contribution in [2.75, 3.05) is 6.54 Å². The Labute approximate surface area is 229 Å². The first-order valence-electron chi connectivity index (χ1n) is 17.3. The molecule has 1 unspecified atom stereocenters. The lowest BCUT2D eigenvalue weighted by Crippen LogP contribution is -2.23. The average Bonchev–Trinajstić information content (AvgIpc) is 2.88. The molecule has 1 atom stereocenters. The molecule has 0 aromatic heterocycles. The van der Waals surface area contributed by atoms with Crippen LogP contribution in [0.3, 0.4) is 0 Å². The highest BCUT2D eigenvalue weighted by atomic mass is 14.6. The molecule has 0 spiro atoms. The fourth-order valence-electron chi connectivity index (χ4n) is 5.61. The topological polar surface area (TPSA) is 52.0 Å². The Morgan fingerprint density at radius 3 is 0.778 bits per heavy atom. The minimum atomic E-state index is 0.337. The van der Waals surface area contributed by atoms with Crippen LogP contribution in [0.4, 0.5) is 0 Å². The third-order valence-corrected chi connectivity index (χ3v) is 8.22. The molecule has 0 amide bonds. The van der Waals surface area contributed by atoms with Crippen LogP contribution < -0.4 is 11.5 Å². The zero-order valence-electron chi connectivity index (χ0n) is 25.4. The van der Waals surface area contributed by atoms with E-state index in [1.165, 1.54) is 186 Å². The Hall–Kier alpha value is -0.0800. The molecule has 0 aliphatic rings. The van der Waals surface area contributed by atoms with Crippen LogP contribution in [0.1, 0.15) is 206 Å². The van der Waals surface area contributed by atoms with Gasteiger partial charge in [0.05, 0.1) is 0 Å². The summed E-state index contributed by atoms with van der Waals surface area (Å²) < 4.78 is 0. The van der Waals surface area contributed by atoms with E-state index in [0.29, 0.717) is 6.04 Å². The normalized spacial score (nSPS) is 12.4. The van der Waals surface area contributed by atoms with Crippen LogP contribution in [0, 0.1) is 0 Å². The van der Waals surface area contributed by atoms with Crippen LogP contribution in [-0.4, -0.2) is 12.6 Å². The van der Waals surface area contributed by atoms with Crippen LogP contribution in [-0.2, 0) is 0 Å². The van der Waals surface area contributed by atoms with Crippen molar-refractivity contribution >= 4 is 0 Å². The van der Waals surface area contributed by atoms with Gasteiger partial charge in [0, 0.05) is 6.04 Å². The van der Waals surface area contributed by atoms with E-state index in [9.17, 15) is 0 Å². The van der Waals surface area contributed by atoms with Gasteiger partial charge in [0.2, 0.25) is 0 Å². The molecule has 0 heterocycles. The Morgan fingerprint density at radius 1 is 0.333 bits per heavy atom. The predicted molar refractivity (Wildman–Crippen MR) is 166 cm³/mol. The summed E-state index contributed by atoms with van der Waals surface area (Å²) in [5, 5.41) is 0. The summed E-state index contributed by atoms with van der Waals surface area (Å²) in [6, 6.07) is 0.337. The van der Waals surface area contributed by atoms with E-state index in [4.69, 9.17) is 11.5 Å². The summed E-state index contributed by atoms with van der Waals surface area (Å²) in [5.74, 6) is 0. The second-order valence-electron chi connectivity index (χ2n) is 12.0. The van der Waals surface area contributed by atoms with Crippen LogP contribution in [0.5, 0.6) is 0 Å². The second kappa shape index (κ2) is 32.9. The van der Waals surface area contributed by atoms with Gasteiger partial charge in [-0.3, -0.25) is 0 Å². The number of unbranched alkanes of at least 4 members (excludes halogenated alkanes) is 28. The van der Waals surface area contributed by atoms with E-state index in [0.717, 1.165) is 19.4 Å². The molecule has 4 N–H and O–H groups in total. The maximum absolute atomic E-state index is 6.01. The van der Waals surface area contributed by atoms with Crippen molar-refractivity contribution in [2.24, 2.45) is 11.5 Å². The minimum absolute atomic E-state index is 0.337. The molecule has 218 valence electrons. The monoisotopic (exact) mass is 509 g/mol. The summed E-state index contributed by atoms with van der Waals surface area (Å²) in [4.78, 5) is 0. The molecule has 0 aromatic carbocycles. The lowest BCUT2D eigenvalue weighted by atomic mass is 10.0. The Bertz CT molecular complexity index is 370. The quantitative estimate of drug-likeness (QED) is 0.0887. The fraction of sp³-hybridized carbons (Fsp3) is 1.00. The molecule has 0 saturated carbocycles. The molecule has 2 nitrogen and oxygen atoms in total. The fourth-order valence-corrected chi connectivity index (χ4v) is 5.61. The Morgan fingerprint density at radius 2 is 0.556 bits per heavy atom. The van der Waals surface area contributed by atoms with Crippen molar-refractivity contribution in [1.82, 2.24) is 0 Å². The van der Waals surface area contributed by atoms with E-state index in [1.54, 1.807) is 0 Å². The van der Waals surface area contributed by atoms with E-state index < -0.39 is 0 Å². The molecule has 0 aliphatic carbocycles. The molecule has 0 aliphatic heterocycles. The second-order valence-corrected chi connectivity index (χ2v) is 12.0. The zero-order chi connectivity index (χ0) is 26.2. The first-order chi connectivity index (χ1) is 17.8. The van der Waals surface area contributed by atoms with Gasteiger partial charge < -0.3 is 11.5 Å². The third-order valence-electron chi connectivity index (χ3n) is 8.22. The third kappa shape index (κ3) is 31.9. The van der Waals surface area contributed by atoms with Gasteiger partial charge in [-0.05, 0) is 19.4 Å². The van der Waals surface area contributed by atoms with Gasteiger partial charge in [-0.15, -0.1) is 0 Å². The van der Waals surface area contributed by atoms with E-state index >= 15 is 0 Å². The molecular formula is C34H72N2. The van der Waals surface area contributed by atoms with Crippen LogP contribution >= 0.6 is 0 Å². The largest absolute Gasteiger partial charge is 0.330 e. The van der Waals surface area contributed by atoms with Gasteiger partial charge in [-0.25, -0.2) is 0 Å². The Kier molecular flexibility index (Phi) is 32.9. The van der Waals surface area contributed by atoms with Crippen molar-refractivity contribution in [3.8, 4) is 0 Å². The first-order valence-corrected chi connectivity index (χ1v) is 17.3. The van der Waals surface area contributed by atoms with Crippen LogP contribution in [0.25, 0.3) is 0 Å². The smallest absolute Gasteiger partial charge is 0.00508 e. The lowest BCUT2D eigenvalue weighted by molar-refractivity contribution is 0.502. The molecule has 0 bridgehead atoms. The van der Waals surface area contributed by atoms with Gasteiger partial charge in [-0.1, -0.05) is 193 Å². The average molecular weight is 509 g/mol. The van der Waals surface area contributed by atoms with Gasteiger partial charge in [-0.2, -0.15) is 0 Å². The number of rotatable bonds is 32. The van der Waals surface area contributed by atoms with Crippen molar-refractivity contribution in [3.63, 3.8) is 0 Å². The minimum Gasteiger partial charge on any atom is -0.330 e. The predicted octanol–water partition coefficient (Wildman–Crippen LogP) is 11.4. The molecule has 0 radical (unpaired) electrons. The maximum atomic E-state index is 6.01. The SMILES string of the molecule is CCCCCCCCCCCCCCCCCCCCCCCCCCCCCCCC(N)CCN. The first kappa shape index (κ1) is 35.9. The molecule has 0 fully saturated rings. The maximum Gasteiger partial charge on any atom is 0.00508 e. The van der Waals surface area contributed by atoms with Crippen molar-refractivity contribution < 1.29 is 0 Å². The Balaban J connectivity index is 3.03. The summed E-state index contributed by atoms with van der Waals surface area (Å²) in [6.07, 6.45) is 44.4. The molecule has 0 rings (SSSR count). The zero-order valence-corrected chi connectivity index (χ0v) is 25.4. The van der Waals surface area contributed by atoms with Gasteiger partial charge in [0.15, 0.2) is 0 Å². The molecule has 2 heteroatoms. The highest BCUT2D eigenvalue weighted by Gasteiger charge is 2.00. The standard InChI is InChI=1S/C34H72N2/c1-2-3-4-5-6-7-8-9-10-11-12-13-14-15-16-17-18-19-20-21-22-23-24-25-26-27-28-29-30-31-34(36)32-33-35/h34H,2-33,35-36H2,1H3. The number of hydrogen-bond donors (Lipinski definition) is 2. The van der Waals surface area contributed by atoms with E-state index in [-0.39, 0.29) is 0 Å². The molecule has 0 saturated heterocycles.